The lowest BCUT2D eigenvalue weighted by Gasteiger charge is -2.09. The molecule has 0 unspecified atom stereocenters. The van der Waals surface area contributed by atoms with E-state index in [0.717, 1.165) is 27.8 Å². The first-order chi connectivity index (χ1) is 13.8. The average molecular weight is 387 g/mol. The van der Waals surface area contributed by atoms with Gasteiger partial charge in [-0.15, -0.1) is 0 Å². The van der Waals surface area contributed by atoms with Crippen LogP contribution in [0.2, 0.25) is 0 Å². The first-order valence-electron chi connectivity index (χ1n) is 8.71. The molecule has 0 aliphatic heterocycles. The maximum atomic E-state index is 12.1. The predicted molar refractivity (Wildman–Crippen MR) is 112 cm³/mol. The normalized spacial score (nSPS) is 11.0. The number of thiophene rings is 1. The molecule has 0 spiro atoms. The van der Waals surface area contributed by atoms with Crippen LogP contribution in [0.3, 0.4) is 0 Å². The highest BCUT2D eigenvalue weighted by Gasteiger charge is 2.06. The third kappa shape index (κ3) is 4.24. The van der Waals surface area contributed by atoms with Crippen molar-refractivity contribution in [2.45, 2.75) is 6.61 Å². The van der Waals surface area contributed by atoms with Crippen molar-refractivity contribution in [3.05, 3.63) is 94.3 Å². The maximum Gasteiger partial charge on any atom is 0.271 e. The Kier molecular flexibility index (Phi) is 5.40. The largest absolute Gasteiger partial charge is 0.487 e. The minimum Gasteiger partial charge on any atom is -0.487 e. The lowest BCUT2D eigenvalue weighted by molar-refractivity contribution is 0.0955. The average Bonchev–Trinajstić information content (AvgIpc) is 3.26. The molecule has 0 saturated carbocycles. The molecule has 2 heterocycles. The van der Waals surface area contributed by atoms with Crippen molar-refractivity contribution in [1.29, 1.82) is 0 Å². The molecule has 4 aromatic rings. The number of benzene rings is 2. The first-order valence-corrected chi connectivity index (χ1v) is 9.65. The molecule has 0 aliphatic carbocycles. The topological polar surface area (TPSA) is 63.6 Å². The van der Waals surface area contributed by atoms with E-state index >= 15 is 0 Å². The zero-order valence-corrected chi connectivity index (χ0v) is 15.7. The summed E-state index contributed by atoms with van der Waals surface area (Å²) in [7, 11) is 0. The zero-order chi connectivity index (χ0) is 19.2. The SMILES string of the molecule is O=C(NN=Cc1ccsc1)c1ccc(COc2cccc3cccnc23)cc1. The number of hydrogen-bond donors (Lipinski definition) is 1. The summed E-state index contributed by atoms with van der Waals surface area (Å²) in [6, 6.07) is 19.0. The number of hydrogen-bond acceptors (Lipinski definition) is 5. The smallest absolute Gasteiger partial charge is 0.271 e. The summed E-state index contributed by atoms with van der Waals surface area (Å²) in [5.74, 6) is 0.486. The summed E-state index contributed by atoms with van der Waals surface area (Å²) in [5, 5.41) is 8.92. The van der Waals surface area contributed by atoms with Gasteiger partial charge in [0, 0.05) is 22.7 Å². The number of rotatable bonds is 6. The maximum absolute atomic E-state index is 12.1. The molecule has 2 aromatic carbocycles. The van der Waals surface area contributed by atoms with E-state index < -0.39 is 0 Å². The van der Waals surface area contributed by atoms with Gasteiger partial charge in [0.05, 0.1) is 6.21 Å². The number of amides is 1. The van der Waals surface area contributed by atoms with Gasteiger partial charge in [-0.3, -0.25) is 9.78 Å². The van der Waals surface area contributed by atoms with Gasteiger partial charge in [-0.05, 0) is 46.7 Å². The fourth-order valence-electron chi connectivity index (χ4n) is 2.68. The minimum absolute atomic E-state index is 0.253. The van der Waals surface area contributed by atoms with Gasteiger partial charge in [0.2, 0.25) is 0 Å². The van der Waals surface area contributed by atoms with Gasteiger partial charge in [0.15, 0.2) is 0 Å². The number of ether oxygens (including phenoxy) is 1. The van der Waals surface area contributed by atoms with Crippen molar-refractivity contribution in [3.8, 4) is 5.75 Å². The molecule has 4 rings (SSSR count). The summed E-state index contributed by atoms with van der Waals surface area (Å²) in [6.07, 6.45) is 3.37. The summed E-state index contributed by atoms with van der Waals surface area (Å²) in [4.78, 5) is 16.5. The lowest BCUT2D eigenvalue weighted by atomic mass is 10.1. The number of carbonyl (C=O) groups excluding carboxylic acids is 1. The highest BCUT2D eigenvalue weighted by atomic mass is 32.1. The molecule has 2 aromatic heterocycles. The van der Waals surface area contributed by atoms with Crippen molar-refractivity contribution >= 4 is 34.4 Å². The number of para-hydroxylation sites is 1. The molecule has 0 atom stereocenters. The van der Waals surface area contributed by atoms with E-state index in [1.807, 2.05) is 59.3 Å². The Balaban J connectivity index is 1.37. The van der Waals surface area contributed by atoms with Crippen LogP contribution in [0.5, 0.6) is 5.75 Å². The Bertz CT molecular complexity index is 1100. The number of nitrogens with zero attached hydrogens (tertiary/aromatic N) is 2. The molecule has 28 heavy (non-hydrogen) atoms. The predicted octanol–water partition coefficient (Wildman–Crippen LogP) is 4.64. The van der Waals surface area contributed by atoms with Gasteiger partial charge in [-0.1, -0.05) is 30.3 Å². The molecule has 0 aliphatic rings. The van der Waals surface area contributed by atoms with E-state index in [9.17, 15) is 4.79 Å². The van der Waals surface area contributed by atoms with Gasteiger partial charge in [-0.2, -0.15) is 16.4 Å². The van der Waals surface area contributed by atoms with Crippen LogP contribution in [-0.4, -0.2) is 17.1 Å². The van der Waals surface area contributed by atoms with Gasteiger partial charge >= 0.3 is 0 Å². The summed E-state index contributed by atoms with van der Waals surface area (Å²) in [5.41, 5.74) is 5.83. The van der Waals surface area contributed by atoms with Crippen molar-refractivity contribution < 1.29 is 9.53 Å². The van der Waals surface area contributed by atoms with Crippen molar-refractivity contribution in [1.82, 2.24) is 10.4 Å². The Morgan fingerprint density at radius 1 is 1.11 bits per heavy atom. The second kappa shape index (κ2) is 8.45. The van der Waals surface area contributed by atoms with Crippen LogP contribution in [0, 0.1) is 0 Å². The number of fused-ring (bicyclic) bond motifs is 1. The number of hydrazone groups is 1. The zero-order valence-electron chi connectivity index (χ0n) is 14.9. The second-order valence-electron chi connectivity index (χ2n) is 6.07. The fraction of sp³-hybridized carbons (Fsp3) is 0.0455. The Hall–Kier alpha value is -3.51. The summed E-state index contributed by atoms with van der Waals surface area (Å²) in [6.45, 7) is 0.397. The van der Waals surface area contributed by atoms with Crippen LogP contribution in [0.15, 0.2) is 82.7 Å². The van der Waals surface area contributed by atoms with Gasteiger partial charge in [0.25, 0.3) is 5.91 Å². The molecule has 1 N–H and O–H groups in total. The van der Waals surface area contributed by atoms with Crippen LogP contribution in [0.4, 0.5) is 0 Å². The number of nitrogens with one attached hydrogen (secondary N) is 1. The summed E-state index contributed by atoms with van der Waals surface area (Å²) >= 11 is 1.58. The molecular weight excluding hydrogens is 370 g/mol. The van der Waals surface area contributed by atoms with Gasteiger partial charge in [-0.25, -0.2) is 5.43 Å². The Morgan fingerprint density at radius 2 is 1.96 bits per heavy atom. The third-order valence-corrected chi connectivity index (χ3v) is 4.83. The van der Waals surface area contributed by atoms with E-state index in [-0.39, 0.29) is 5.91 Å². The van der Waals surface area contributed by atoms with E-state index in [1.165, 1.54) is 0 Å². The van der Waals surface area contributed by atoms with Crippen LogP contribution < -0.4 is 10.2 Å². The molecule has 138 valence electrons. The van der Waals surface area contributed by atoms with E-state index in [4.69, 9.17) is 4.74 Å². The lowest BCUT2D eigenvalue weighted by Crippen LogP contribution is -2.17. The van der Waals surface area contributed by atoms with Crippen LogP contribution in [0.25, 0.3) is 10.9 Å². The van der Waals surface area contributed by atoms with Crippen molar-refractivity contribution in [3.63, 3.8) is 0 Å². The Labute approximate surface area is 166 Å². The van der Waals surface area contributed by atoms with E-state index in [1.54, 1.807) is 35.9 Å². The van der Waals surface area contributed by atoms with E-state index in [2.05, 4.69) is 15.5 Å². The van der Waals surface area contributed by atoms with E-state index in [0.29, 0.717) is 12.2 Å². The van der Waals surface area contributed by atoms with Gasteiger partial charge in [0.1, 0.15) is 17.9 Å². The molecular formula is C22H17N3O2S. The quantitative estimate of drug-likeness (QED) is 0.387. The number of pyridine rings is 1. The van der Waals surface area contributed by atoms with Gasteiger partial charge < -0.3 is 4.74 Å². The highest BCUT2D eigenvalue weighted by molar-refractivity contribution is 7.08. The summed E-state index contributed by atoms with van der Waals surface area (Å²) < 4.78 is 5.93. The third-order valence-electron chi connectivity index (χ3n) is 4.13. The first kappa shape index (κ1) is 17.9. The standard InChI is InChI=1S/C22H17N3O2S/c26-22(25-24-13-17-10-12-28-15-17)19-8-6-16(7-9-19)14-27-20-5-1-3-18-4-2-11-23-21(18)20/h1-13,15H,14H2,(H,25,26). The van der Waals surface area contributed by atoms with Crippen molar-refractivity contribution in [2.24, 2.45) is 5.10 Å². The number of aromatic nitrogens is 1. The molecule has 0 radical (unpaired) electrons. The molecule has 1 amide bonds. The monoisotopic (exact) mass is 387 g/mol. The van der Waals surface area contributed by atoms with Crippen LogP contribution >= 0.6 is 11.3 Å². The molecule has 0 saturated heterocycles. The van der Waals surface area contributed by atoms with Crippen LogP contribution in [0.1, 0.15) is 21.5 Å². The fourth-order valence-corrected chi connectivity index (χ4v) is 3.30. The molecule has 0 fully saturated rings. The number of carbonyl (C=O) groups is 1. The molecule has 6 heteroatoms. The Morgan fingerprint density at radius 3 is 2.79 bits per heavy atom. The molecule has 0 bridgehead atoms. The van der Waals surface area contributed by atoms with Crippen molar-refractivity contribution in [2.75, 3.05) is 0 Å². The highest BCUT2D eigenvalue weighted by Crippen LogP contribution is 2.23. The molecule has 5 nitrogen and oxygen atoms in total. The minimum atomic E-state index is -0.253. The van der Waals surface area contributed by atoms with Crippen LogP contribution in [-0.2, 0) is 6.61 Å². The second-order valence-corrected chi connectivity index (χ2v) is 6.85.